The molecular weight excluding hydrogens is 538 g/mol. The molecule has 0 aromatic heterocycles. The Morgan fingerprint density at radius 3 is 1.65 bits per heavy atom. The van der Waals surface area contributed by atoms with Gasteiger partial charge in [0.15, 0.2) is 0 Å². The van der Waals surface area contributed by atoms with Gasteiger partial charge in [-0.05, 0) is 90.7 Å². The van der Waals surface area contributed by atoms with Gasteiger partial charge in [-0.2, -0.15) is 0 Å². The molecule has 2 aromatic carbocycles. The van der Waals surface area contributed by atoms with Crippen LogP contribution in [0.4, 0.5) is 0 Å². The Bertz CT molecular complexity index is 1090. The lowest BCUT2D eigenvalue weighted by Gasteiger charge is -2.33. The number of nitrogens with zero attached hydrogens (tertiary/aromatic N) is 1. The Labute approximate surface area is 261 Å². The molecule has 0 aliphatic carbocycles. The molecule has 2 aliphatic rings. The van der Waals surface area contributed by atoms with Gasteiger partial charge in [-0.1, -0.05) is 74.4 Å². The average Bonchev–Trinajstić information content (AvgIpc) is 3.19. The normalized spacial score (nSPS) is 15.6. The van der Waals surface area contributed by atoms with E-state index in [0.717, 1.165) is 50.1 Å². The Balaban J connectivity index is 0.000000233. The van der Waals surface area contributed by atoms with Crippen LogP contribution in [0.2, 0.25) is 0 Å². The molecule has 0 saturated carbocycles. The minimum absolute atomic E-state index is 0.120. The van der Waals surface area contributed by atoms with Crippen LogP contribution < -0.4 is 9.47 Å². The van der Waals surface area contributed by atoms with E-state index in [1.54, 1.807) is 31.4 Å². The minimum atomic E-state index is -0.158. The molecule has 0 unspecified atom stereocenters. The topological polar surface area (TPSA) is 65.1 Å². The van der Waals surface area contributed by atoms with E-state index in [4.69, 9.17) is 14.2 Å². The second kappa shape index (κ2) is 16.3. The largest absolute Gasteiger partial charge is 0.497 e. The van der Waals surface area contributed by atoms with Crippen LogP contribution in [-0.4, -0.2) is 50.2 Å². The highest BCUT2D eigenvalue weighted by Gasteiger charge is 2.35. The Morgan fingerprint density at radius 1 is 0.744 bits per heavy atom. The fraction of sp³-hybridized carbons (Fsp3) is 0.622. The van der Waals surface area contributed by atoms with Crippen molar-refractivity contribution < 1.29 is 23.8 Å². The van der Waals surface area contributed by atoms with Crippen molar-refractivity contribution in [1.82, 2.24) is 4.90 Å². The zero-order chi connectivity index (χ0) is 32.3. The van der Waals surface area contributed by atoms with Gasteiger partial charge >= 0.3 is 0 Å². The predicted octanol–water partition coefficient (Wildman–Crippen LogP) is 9.08. The lowest BCUT2D eigenvalue weighted by atomic mass is 9.76. The molecule has 2 heterocycles. The molecule has 6 nitrogen and oxygen atoms in total. The van der Waals surface area contributed by atoms with E-state index in [0.29, 0.717) is 28.5 Å². The van der Waals surface area contributed by atoms with E-state index in [-0.39, 0.29) is 17.2 Å². The van der Waals surface area contributed by atoms with Crippen molar-refractivity contribution in [1.29, 1.82) is 0 Å². The fourth-order valence-corrected chi connectivity index (χ4v) is 4.92. The zero-order valence-electron chi connectivity index (χ0n) is 28.5. The van der Waals surface area contributed by atoms with Gasteiger partial charge in [0.05, 0.1) is 24.8 Å². The number of benzene rings is 2. The summed E-state index contributed by atoms with van der Waals surface area (Å²) in [5.41, 5.74) is 2.07. The molecular formula is C37H57NO5. The molecule has 0 spiro atoms. The van der Waals surface area contributed by atoms with Gasteiger partial charge in [0.2, 0.25) is 0 Å². The van der Waals surface area contributed by atoms with E-state index in [9.17, 15) is 9.59 Å². The summed E-state index contributed by atoms with van der Waals surface area (Å²) in [6.45, 7) is 23.3. The van der Waals surface area contributed by atoms with Crippen molar-refractivity contribution in [3.05, 3.63) is 59.7 Å². The number of imide groups is 1. The van der Waals surface area contributed by atoms with Crippen LogP contribution in [0.5, 0.6) is 11.5 Å². The lowest BCUT2D eigenvalue weighted by Crippen LogP contribution is -2.32. The van der Waals surface area contributed by atoms with Gasteiger partial charge in [0.25, 0.3) is 11.8 Å². The number of ether oxygens (including phenoxy) is 3. The quantitative estimate of drug-likeness (QED) is 0.236. The predicted molar refractivity (Wildman–Crippen MR) is 176 cm³/mol. The van der Waals surface area contributed by atoms with Crippen LogP contribution >= 0.6 is 0 Å². The Kier molecular flexibility index (Phi) is 13.8. The maximum absolute atomic E-state index is 12.0. The van der Waals surface area contributed by atoms with Gasteiger partial charge in [0, 0.05) is 19.8 Å². The molecule has 0 bridgehead atoms. The third-order valence-corrected chi connectivity index (χ3v) is 7.81. The van der Waals surface area contributed by atoms with Crippen LogP contribution in [0.3, 0.4) is 0 Å². The molecule has 1 fully saturated rings. The second-order valence-corrected chi connectivity index (χ2v) is 15.1. The van der Waals surface area contributed by atoms with E-state index >= 15 is 0 Å². The number of rotatable bonds is 7. The molecule has 240 valence electrons. The van der Waals surface area contributed by atoms with Gasteiger partial charge in [0.1, 0.15) is 11.5 Å². The van der Waals surface area contributed by atoms with Crippen LogP contribution in [-0.2, 0) is 4.74 Å². The smallest absolute Gasteiger partial charge is 0.261 e. The summed E-state index contributed by atoms with van der Waals surface area (Å²) in [5.74, 6) is 2.34. The summed E-state index contributed by atoms with van der Waals surface area (Å²) in [7, 11) is 1.67. The molecule has 2 aromatic rings. The van der Waals surface area contributed by atoms with Gasteiger partial charge in [-0.15, -0.1) is 0 Å². The summed E-state index contributed by atoms with van der Waals surface area (Å²) in [6, 6.07) is 14.7. The fourth-order valence-electron chi connectivity index (χ4n) is 4.92. The van der Waals surface area contributed by atoms with Crippen molar-refractivity contribution in [2.75, 3.05) is 33.5 Å². The molecule has 0 N–H and O–H groups in total. The molecule has 4 rings (SSSR count). The van der Waals surface area contributed by atoms with Crippen LogP contribution in [0, 0.1) is 22.2 Å². The van der Waals surface area contributed by atoms with Crippen molar-refractivity contribution in [2.24, 2.45) is 22.2 Å². The number of carbonyl (C=O) groups excluding carboxylic acids is 2. The Morgan fingerprint density at radius 2 is 1.23 bits per heavy atom. The Hall–Kier alpha value is -2.86. The number of hydrogen-bond acceptors (Lipinski definition) is 5. The first-order valence-electron chi connectivity index (χ1n) is 15.8. The first-order chi connectivity index (χ1) is 20.0. The molecule has 1 saturated heterocycles. The summed E-state index contributed by atoms with van der Waals surface area (Å²) in [6.07, 6.45) is 5.60. The number of carbonyl (C=O) groups is 2. The molecule has 6 heteroatoms. The second-order valence-electron chi connectivity index (χ2n) is 15.1. The third-order valence-electron chi connectivity index (χ3n) is 7.81. The summed E-state index contributed by atoms with van der Waals surface area (Å²) in [5, 5.41) is 0. The van der Waals surface area contributed by atoms with E-state index < -0.39 is 0 Å². The van der Waals surface area contributed by atoms with Crippen molar-refractivity contribution in [2.45, 2.75) is 94.4 Å². The maximum Gasteiger partial charge on any atom is 0.261 e. The SMILES string of the molecule is CC(C)(C)C1CCOCC1.CC(C)(C)CCN1C(=O)c2ccccc2C1=O.COc1ccc(OCCCC(C)(C)C)cc1. The van der Waals surface area contributed by atoms with Gasteiger partial charge in [-0.3, -0.25) is 14.5 Å². The van der Waals surface area contributed by atoms with Crippen LogP contribution in [0.1, 0.15) is 115 Å². The van der Waals surface area contributed by atoms with Gasteiger partial charge in [-0.25, -0.2) is 0 Å². The standard InChI is InChI=1S/C14H17NO2.C14H22O2.C9H18O/c1-14(2,3)8-9-15-12(16)10-6-4-5-7-11(10)13(15)17;1-14(2,3)10-5-11-16-13-8-6-12(15-4)7-9-13;1-9(2,3)8-4-6-10-7-5-8/h4-7H,8-9H2,1-3H3;6-9H,5,10-11H2,1-4H3;8H,4-7H2,1-3H3. The highest BCUT2D eigenvalue weighted by atomic mass is 16.5. The minimum Gasteiger partial charge on any atom is -0.497 e. The number of amides is 2. The molecule has 2 amide bonds. The number of fused-ring (bicyclic) bond motifs is 1. The van der Waals surface area contributed by atoms with Crippen molar-refractivity contribution in [3.63, 3.8) is 0 Å². The molecule has 0 radical (unpaired) electrons. The summed E-state index contributed by atoms with van der Waals surface area (Å²) < 4.78 is 16.0. The summed E-state index contributed by atoms with van der Waals surface area (Å²) >= 11 is 0. The number of methoxy groups -OCH3 is 1. The van der Waals surface area contributed by atoms with Crippen molar-refractivity contribution >= 4 is 11.8 Å². The highest BCUT2D eigenvalue weighted by molar-refractivity contribution is 6.21. The molecule has 2 aliphatic heterocycles. The molecule has 43 heavy (non-hydrogen) atoms. The monoisotopic (exact) mass is 595 g/mol. The van der Waals surface area contributed by atoms with Crippen LogP contribution in [0.15, 0.2) is 48.5 Å². The third kappa shape index (κ3) is 13.1. The van der Waals surface area contributed by atoms with E-state index in [1.165, 1.54) is 24.2 Å². The highest BCUT2D eigenvalue weighted by Crippen LogP contribution is 2.33. The molecule has 0 atom stereocenters. The first-order valence-corrected chi connectivity index (χ1v) is 15.8. The van der Waals surface area contributed by atoms with Crippen LogP contribution in [0.25, 0.3) is 0 Å². The van der Waals surface area contributed by atoms with Crippen molar-refractivity contribution in [3.8, 4) is 11.5 Å². The zero-order valence-corrected chi connectivity index (χ0v) is 28.5. The maximum atomic E-state index is 12.0. The number of hydrogen-bond donors (Lipinski definition) is 0. The summed E-state index contributed by atoms with van der Waals surface area (Å²) in [4.78, 5) is 25.4. The van der Waals surface area contributed by atoms with E-state index in [1.807, 2.05) is 24.3 Å². The first kappa shape index (κ1) is 36.3. The average molecular weight is 596 g/mol. The lowest BCUT2D eigenvalue weighted by molar-refractivity contribution is 0.0286. The van der Waals surface area contributed by atoms with E-state index in [2.05, 4.69) is 62.3 Å². The van der Waals surface area contributed by atoms with Gasteiger partial charge < -0.3 is 14.2 Å².